The van der Waals surface area contributed by atoms with Crippen LogP contribution >= 0.6 is 11.6 Å². The van der Waals surface area contributed by atoms with Crippen LogP contribution in [0.1, 0.15) is 11.1 Å². The minimum absolute atomic E-state index is 0.386. The van der Waals surface area contributed by atoms with Gasteiger partial charge in [-0.05, 0) is 24.6 Å². The fourth-order valence-electron chi connectivity index (χ4n) is 1.68. The maximum atomic E-state index is 11.3. The van der Waals surface area contributed by atoms with Crippen LogP contribution in [0.2, 0.25) is 5.02 Å². The number of hydrogen-bond donors (Lipinski definition) is 0. The number of methoxy groups -OCH3 is 2. The highest BCUT2D eigenvalue weighted by Crippen LogP contribution is 2.28. The van der Waals surface area contributed by atoms with Crippen molar-refractivity contribution in [3.05, 3.63) is 28.3 Å². The van der Waals surface area contributed by atoms with Crippen LogP contribution in [0.15, 0.2) is 12.1 Å². The molecule has 1 amide bonds. The van der Waals surface area contributed by atoms with Crippen molar-refractivity contribution in [2.45, 2.75) is 13.5 Å². The highest BCUT2D eigenvalue weighted by Gasteiger charge is 2.14. The largest absolute Gasteiger partial charge is 0.496 e. The highest BCUT2D eigenvalue weighted by molar-refractivity contribution is 6.30. The molecule has 0 fully saturated rings. The number of benzene rings is 1. The maximum absolute atomic E-state index is 11.3. The van der Waals surface area contributed by atoms with Crippen molar-refractivity contribution in [3.8, 4) is 5.75 Å². The van der Waals surface area contributed by atoms with Crippen LogP contribution < -0.4 is 4.74 Å². The second-order valence-corrected chi connectivity index (χ2v) is 4.18. The summed E-state index contributed by atoms with van der Waals surface area (Å²) in [5.41, 5.74) is 1.79. The Kier molecular flexibility index (Phi) is 4.63. The lowest BCUT2D eigenvalue weighted by Gasteiger charge is -2.18. The monoisotopic (exact) mass is 257 g/mol. The molecule has 0 spiro atoms. The van der Waals surface area contributed by atoms with Crippen molar-refractivity contribution >= 4 is 17.7 Å². The Morgan fingerprint density at radius 2 is 2.06 bits per heavy atom. The van der Waals surface area contributed by atoms with Gasteiger partial charge in [-0.25, -0.2) is 4.79 Å². The molecule has 1 aromatic carbocycles. The van der Waals surface area contributed by atoms with Gasteiger partial charge in [0.05, 0.1) is 20.8 Å². The third-order valence-corrected chi connectivity index (χ3v) is 2.63. The van der Waals surface area contributed by atoms with Gasteiger partial charge in [-0.3, -0.25) is 0 Å². The van der Waals surface area contributed by atoms with Crippen LogP contribution in [0.25, 0.3) is 0 Å². The summed E-state index contributed by atoms with van der Waals surface area (Å²) in [5, 5.41) is 0.622. The van der Waals surface area contributed by atoms with Crippen molar-refractivity contribution in [3.63, 3.8) is 0 Å². The zero-order valence-corrected chi connectivity index (χ0v) is 11.2. The molecule has 4 nitrogen and oxygen atoms in total. The van der Waals surface area contributed by atoms with Gasteiger partial charge in [-0.1, -0.05) is 11.6 Å². The van der Waals surface area contributed by atoms with Gasteiger partial charge in [0.1, 0.15) is 5.75 Å². The van der Waals surface area contributed by atoms with Crippen molar-refractivity contribution in [2.24, 2.45) is 0 Å². The molecule has 1 aromatic rings. The molecule has 0 N–H and O–H groups in total. The molecular formula is C12H16ClNO3. The molecule has 0 saturated heterocycles. The Morgan fingerprint density at radius 1 is 1.41 bits per heavy atom. The third kappa shape index (κ3) is 3.27. The zero-order valence-electron chi connectivity index (χ0n) is 10.4. The first kappa shape index (κ1) is 13.6. The van der Waals surface area contributed by atoms with Crippen molar-refractivity contribution in [1.82, 2.24) is 4.90 Å². The van der Waals surface area contributed by atoms with Crippen molar-refractivity contribution in [2.75, 3.05) is 21.3 Å². The second-order valence-electron chi connectivity index (χ2n) is 3.74. The molecule has 0 aliphatic rings. The molecule has 0 bridgehead atoms. The fraction of sp³-hybridized carbons (Fsp3) is 0.417. The van der Waals surface area contributed by atoms with Crippen molar-refractivity contribution in [1.29, 1.82) is 0 Å². The number of carbonyl (C=O) groups excluding carboxylic acids is 1. The van der Waals surface area contributed by atoms with E-state index in [1.54, 1.807) is 20.2 Å². The average molecular weight is 258 g/mol. The van der Waals surface area contributed by atoms with Crippen molar-refractivity contribution < 1.29 is 14.3 Å². The predicted molar refractivity (Wildman–Crippen MR) is 66.6 cm³/mol. The van der Waals surface area contributed by atoms with E-state index in [0.717, 1.165) is 16.9 Å². The third-order valence-electron chi connectivity index (χ3n) is 2.41. The summed E-state index contributed by atoms with van der Waals surface area (Å²) < 4.78 is 9.94. The Morgan fingerprint density at radius 3 is 2.59 bits per heavy atom. The van der Waals surface area contributed by atoms with Crippen LogP contribution in [0.5, 0.6) is 5.75 Å². The van der Waals surface area contributed by atoms with Gasteiger partial charge in [0.25, 0.3) is 0 Å². The first-order valence-electron chi connectivity index (χ1n) is 5.11. The van der Waals surface area contributed by atoms with E-state index in [1.807, 2.05) is 13.0 Å². The zero-order chi connectivity index (χ0) is 13.0. The molecule has 1 rings (SSSR count). The molecule has 0 aliphatic carbocycles. The SMILES string of the molecule is COC(=O)N(C)Cc1cc(Cl)cc(C)c1OC. The van der Waals surface area contributed by atoms with Gasteiger partial charge in [0.2, 0.25) is 0 Å². The molecule has 0 aliphatic heterocycles. The number of halogens is 1. The van der Waals surface area contributed by atoms with Crippen LogP contribution in [0.4, 0.5) is 4.79 Å². The summed E-state index contributed by atoms with van der Waals surface area (Å²) in [5.74, 6) is 0.741. The molecule has 94 valence electrons. The van der Waals surface area contributed by atoms with Gasteiger partial charge in [-0.15, -0.1) is 0 Å². The summed E-state index contributed by atoms with van der Waals surface area (Å²) in [7, 11) is 4.60. The lowest BCUT2D eigenvalue weighted by molar-refractivity contribution is 0.131. The molecule has 5 heteroatoms. The Balaban J connectivity index is 3.01. The van der Waals surface area contributed by atoms with Crippen LogP contribution in [0.3, 0.4) is 0 Å². The van der Waals surface area contributed by atoms with Crippen LogP contribution in [-0.2, 0) is 11.3 Å². The van der Waals surface area contributed by atoms with E-state index in [-0.39, 0.29) is 0 Å². The van der Waals surface area contributed by atoms with Gasteiger partial charge < -0.3 is 14.4 Å². The Labute approximate surface area is 106 Å². The molecule has 0 heterocycles. The number of aryl methyl sites for hydroxylation is 1. The first-order valence-corrected chi connectivity index (χ1v) is 5.49. The lowest BCUT2D eigenvalue weighted by atomic mass is 10.1. The maximum Gasteiger partial charge on any atom is 0.409 e. The summed E-state index contributed by atoms with van der Waals surface area (Å²) in [6, 6.07) is 3.61. The number of amides is 1. The standard InChI is InChI=1S/C12H16ClNO3/c1-8-5-10(13)6-9(11(8)16-3)7-14(2)12(15)17-4/h5-6H,7H2,1-4H3. The summed E-state index contributed by atoms with van der Waals surface area (Å²) in [4.78, 5) is 12.8. The van der Waals surface area contributed by atoms with E-state index in [0.29, 0.717) is 11.6 Å². The molecule has 0 unspecified atom stereocenters. The van der Waals surface area contributed by atoms with E-state index in [4.69, 9.17) is 16.3 Å². The number of nitrogens with zero attached hydrogens (tertiary/aromatic N) is 1. The van der Waals surface area contributed by atoms with Gasteiger partial charge >= 0.3 is 6.09 Å². The number of hydrogen-bond acceptors (Lipinski definition) is 3. The number of ether oxygens (including phenoxy) is 2. The normalized spacial score (nSPS) is 9.94. The van der Waals surface area contributed by atoms with Crippen LogP contribution in [0, 0.1) is 6.92 Å². The quantitative estimate of drug-likeness (QED) is 0.836. The van der Waals surface area contributed by atoms with E-state index in [1.165, 1.54) is 12.0 Å². The first-order chi connectivity index (χ1) is 7.99. The van der Waals surface area contributed by atoms with E-state index >= 15 is 0 Å². The van der Waals surface area contributed by atoms with E-state index < -0.39 is 6.09 Å². The molecular weight excluding hydrogens is 242 g/mol. The summed E-state index contributed by atoms with van der Waals surface area (Å²) in [6.45, 7) is 2.30. The molecule has 0 aromatic heterocycles. The fourth-order valence-corrected chi connectivity index (χ4v) is 1.98. The van der Waals surface area contributed by atoms with Gasteiger partial charge in [0.15, 0.2) is 0 Å². The second kappa shape index (κ2) is 5.77. The van der Waals surface area contributed by atoms with E-state index in [2.05, 4.69) is 4.74 Å². The topological polar surface area (TPSA) is 38.8 Å². The summed E-state index contributed by atoms with van der Waals surface area (Å²) in [6.07, 6.45) is -0.398. The Bertz CT molecular complexity index is 420. The molecule has 0 saturated carbocycles. The molecule has 0 radical (unpaired) electrons. The average Bonchev–Trinajstić information content (AvgIpc) is 2.27. The minimum Gasteiger partial charge on any atom is -0.496 e. The predicted octanol–water partition coefficient (Wildman–Crippen LogP) is 2.86. The van der Waals surface area contributed by atoms with Gasteiger partial charge in [-0.2, -0.15) is 0 Å². The molecule has 17 heavy (non-hydrogen) atoms. The lowest BCUT2D eigenvalue weighted by Crippen LogP contribution is -2.26. The Hall–Kier alpha value is -1.42. The highest BCUT2D eigenvalue weighted by atomic mass is 35.5. The summed E-state index contributed by atoms with van der Waals surface area (Å²) >= 11 is 5.99. The van der Waals surface area contributed by atoms with Crippen LogP contribution in [-0.4, -0.2) is 32.3 Å². The van der Waals surface area contributed by atoms with Gasteiger partial charge in [0, 0.05) is 17.6 Å². The number of carbonyl (C=O) groups is 1. The van der Waals surface area contributed by atoms with E-state index in [9.17, 15) is 4.79 Å². The minimum atomic E-state index is -0.398. The smallest absolute Gasteiger partial charge is 0.409 e. The molecule has 0 atom stereocenters. The number of rotatable bonds is 3.